The van der Waals surface area contributed by atoms with Crippen LogP contribution >= 0.6 is 11.6 Å². The van der Waals surface area contributed by atoms with E-state index in [9.17, 15) is 14.7 Å². The van der Waals surface area contributed by atoms with Gasteiger partial charge in [0.15, 0.2) is 11.5 Å². The van der Waals surface area contributed by atoms with Gasteiger partial charge in [-0.3, -0.25) is 9.59 Å². The zero-order valence-corrected chi connectivity index (χ0v) is 18.1. The molecule has 1 unspecified atom stereocenters. The third-order valence-corrected chi connectivity index (χ3v) is 5.63. The van der Waals surface area contributed by atoms with Crippen molar-refractivity contribution in [1.82, 2.24) is 9.80 Å². The fourth-order valence-corrected chi connectivity index (χ4v) is 3.98. The Morgan fingerprint density at radius 2 is 1.84 bits per heavy atom. The van der Waals surface area contributed by atoms with E-state index in [2.05, 4.69) is 0 Å². The Kier molecular flexibility index (Phi) is 5.89. The summed E-state index contributed by atoms with van der Waals surface area (Å²) in [6, 6.07) is 11.2. The van der Waals surface area contributed by atoms with Gasteiger partial charge in [0.2, 0.25) is 6.79 Å². The number of hydrogen-bond acceptors (Lipinski definition) is 6. The first-order valence-electron chi connectivity index (χ1n) is 9.95. The molecule has 2 aromatic carbocycles. The van der Waals surface area contributed by atoms with Crippen LogP contribution in [0.1, 0.15) is 23.6 Å². The predicted molar refractivity (Wildman–Crippen MR) is 116 cm³/mol. The molecular formula is C23H23ClN2O5. The first kappa shape index (κ1) is 21.2. The maximum atomic E-state index is 13.0. The number of ketones is 1. The van der Waals surface area contributed by atoms with Crippen LogP contribution < -0.4 is 9.47 Å². The first-order valence-corrected chi connectivity index (χ1v) is 10.3. The van der Waals surface area contributed by atoms with E-state index in [4.69, 9.17) is 21.1 Å². The molecule has 1 amide bonds. The first-order chi connectivity index (χ1) is 14.9. The highest BCUT2D eigenvalue weighted by molar-refractivity contribution is 6.46. The number of hydrogen-bond donors (Lipinski definition) is 1. The minimum absolute atomic E-state index is 0.0519. The molecule has 8 heteroatoms. The Morgan fingerprint density at radius 3 is 2.55 bits per heavy atom. The van der Waals surface area contributed by atoms with E-state index in [1.165, 1.54) is 4.90 Å². The van der Waals surface area contributed by atoms with Gasteiger partial charge in [0.25, 0.3) is 11.7 Å². The minimum Gasteiger partial charge on any atom is -0.507 e. The number of fused-ring (bicyclic) bond motifs is 1. The molecule has 2 aliphatic rings. The van der Waals surface area contributed by atoms with Crippen LogP contribution in [0.25, 0.3) is 5.76 Å². The van der Waals surface area contributed by atoms with Crippen molar-refractivity contribution >= 4 is 29.1 Å². The number of carbonyl (C=O) groups is 2. The van der Waals surface area contributed by atoms with Crippen LogP contribution in [0.4, 0.5) is 0 Å². The number of benzene rings is 2. The zero-order valence-electron chi connectivity index (χ0n) is 17.3. The van der Waals surface area contributed by atoms with Crippen LogP contribution in [0.15, 0.2) is 48.0 Å². The highest BCUT2D eigenvalue weighted by Gasteiger charge is 2.45. The molecule has 0 bridgehead atoms. The number of halogens is 1. The smallest absolute Gasteiger partial charge is 0.295 e. The van der Waals surface area contributed by atoms with E-state index in [1.807, 2.05) is 19.0 Å². The average molecular weight is 443 g/mol. The van der Waals surface area contributed by atoms with Crippen molar-refractivity contribution in [2.24, 2.45) is 0 Å². The second-order valence-corrected chi connectivity index (χ2v) is 8.21. The lowest BCUT2D eigenvalue weighted by atomic mass is 9.95. The van der Waals surface area contributed by atoms with Crippen LogP contribution in [0.2, 0.25) is 5.02 Å². The largest absolute Gasteiger partial charge is 0.507 e. The van der Waals surface area contributed by atoms with Gasteiger partial charge in [-0.1, -0.05) is 23.7 Å². The van der Waals surface area contributed by atoms with Gasteiger partial charge in [-0.25, -0.2) is 0 Å². The quantitative estimate of drug-likeness (QED) is 0.419. The summed E-state index contributed by atoms with van der Waals surface area (Å²) in [5.74, 6) is -0.532. The topological polar surface area (TPSA) is 79.3 Å². The van der Waals surface area contributed by atoms with Crippen LogP contribution in [-0.2, 0) is 9.59 Å². The number of aliphatic hydroxyl groups is 1. The summed E-state index contributed by atoms with van der Waals surface area (Å²) < 4.78 is 10.7. The van der Waals surface area contributed by atoms with Crippen molar-refractivity contribution in [1.29, 1.82) is 0 Å². The number of likely N-dealkylation sites (tertiary alicyclic amines) is 1. The summed E-state index contributed by atoms with van der Waals surface area (Å²) in [6.45, 7) is 1.24. The molecule has 1 atom stereocenters. The van der Waals surface area contributed by atoms with Gasteiger partial charge >= 0.3 is 0 Å². The van der Waals surface area contributed by atoms with Crippen LogP contribution in [0, 0.1) is 0 Å². The van der Waals surface area contributed by atoms with E-state index < -0.39 is 17.7 Å². The SMILES string of the molecule is CN(C)CCCN1C(=O)C(=O)C(=C(O)c2ccc3c(c2)OCO3)C1c1ccc(Cl)cc1. The Labute approximate surface area is 185 Å². The van der Waals surface area contributed by atoms with Gasteiger partial charge in [-0.05, 0) is 63.0 Å². The second-order valence-electron chi connectivity index (χ2n) is 7.77. The molecule has 1 saturated heterocycles. The summed E-state index contributed by atoms with van der Waals surface area (Å²) in [4.78, 5) is 29.5. The summed E-state index contributed by atoms with van der Waals surface area (Å²) in [6.07, 6.45) is 0.689. The molecule has 0 radical (unpaired) electrons. The van der Waals surface area contributed by atoms with Gasteiger partial charge in [-0.2, -0.15) is 0 Å². The van der Waals surface area contributed by atoms with Crippen molar-refractivity contribution in [3.05, 3.63) is 64.2 Å². The van der Waals surface area contributed by atoms with Gasteiger partial charge in [0.1, 0.15) is 5.76 Å². The fraction of sp³-hybridized carbons (Fsp3) is 0.304. The number of amides is 1. The van der Waals surface area contributed by atoms with E-state index >= 15 is 0 Å². The van der Waals surface area contributed by atoms with E-state index in [0.29, 0.717) is 40.6 Å². The molecule has 0 saturated carbocycles. The fourth-order valence-electron chi connectivity index (χ4n) is 3.86. The lowest BCUT2D eigenvalue weighted by Crippen LogP contribution is -2.32. The molecule has 0 aliphatic carbocycles. The zero-order chi connectivity index (χ0) is 22.1. The maximum Gasteiger partial charge on any atom is 0.295 e. The average Bonchev–Trinajstić information content (AvgIpc) is 3.31. The molecular weight excluding hydrogens is 420 g/mol. The Bertz CT molecular complexity index is 1050. The van der Waals surface area contributed by atoms with E-state index in [-0.39, 0.29) is 18.1 Å². The molecule has 4 rings (SSSR count). The predicted octanol–water partition coefficient (Wildman–Crippen LogP) is 3.44. The van der Waals surface area contributed by atoms with Crippen LogP contribution in [0.5, 0.6) is 11.5 Å². The molecule has 1 N–H and O–H groups in total. The highest BCUT2D eigenvalue weighted by atomic mass is 35.5. The molecule has 0 spiro atoms. The van der Waals surface area contributed by atoms with Gasteiger partial charge in [-0.15, -0.1) is 0 Å². The molecule has 2 aliphatic heterocycles. The van der Waals surface area contributed by atoms with Crippen molar-refractivity contribution in [3.63, 3.8) is 0 Å². The number of rotatable bonds is 6. The molecule has 2 aromatic rings. The van der Waals surface area contributed by atoms with E-state index in [0.717, 1.165) is 6.54 Å². The lowest BCUT2D eigenvalue weighted by molar-refractivity contribution is -0.139. The molecule has 2 heterocycles. The Hall–Kier alpha value is -3.03. The van der Waals surface area contributed by atoms with Gasteiger partial charge in [0.05, 0.1) is 11.6 Å². The Morgan fingerprint density at radius 1 is 1.13 bits per heavy atom. The number of nitrogens with zero attached hydrogens (tertiary/aromatic N) is 2. The summed E-state index contributed by atoms with van der Waals surface area (Å²) in [5, 5.41) is 11.7. The molecule has 162 valence electrons. The molecule has 7 nitrogen and oxygen atoms in total. The second kappa shape index (κ2) is 8.61. The summed E-state index contributed by atoms with van der Waals surface area (Å²) >= 11 is 6.04. The van der Waals surface area contributed by atoms with Crippen LogP contribution in [0.3, 0.4) is 0 Å². The van der Waals surface area contributed by atoms with Crippen molar-refractivity contribution in [2.75, 3.05) is 34.0 Å². The number of aliphatic hydroxyl groups excluding tert-OH is 1. The number of ether oxygens (including phenoxy) is 2. The number of carbonyl (C=O) groups excluding carboxylic acids is 2. The summed E-state index contributed by atoms with van der Waals surface area (Å²) in [5.41, 5.74) is 1.14. The van der Waals surface area contributed by atoms with Crippen molar-refractivity contribution < 1.29 is 24.2 Å². The number of Topliss-reactive ketones (excluding diaryl/α,β-unsaturated/α-hetero) is 1. The lowest BCUT2D eigenvalue weighted by Gasteiger charge is -2.26. The summed E-state index contributed by atoms with van der Waals surface area (Å²) in [7, 11) is 3.90. The third-order valence-electron chi connectivity index (χ3n) is 5.38. The van der Waals surface area contributed by atoms with Crippen molar-refractivity contribution in [3.8, 4) is 11.5 Å². The standard InChI is InChI=1S/C23H23ClN2O5/c1-25(2)10-3-11-26-20(14-4-7-16(24)8-5-14)19(22(28)23(26)29)21(27)15-6-9-17-18(12-15)31-13-30-17/h4-9,12,20,27H,3,10-11,13H2,1-2H3. The molecule has 1 fully saturated rings. The monoisotopic (exact) mass is 442 g/mol. The molecule has 0 aromatic heterocycles. The minimum atomic E-state index is -0.708. The van der Waals surface area contributed by atoms with Gasteiger partial charge < -0.3 is 24.4 Å². The van der Waals surface area contributed by atoms with Gasteiger partial charge in [0, 0.05) is 17.1 Å². The highest BCUT2D eigenvalue weighted by Crippen LogP contribution is 2.41. The maximum absolute atomic E-state index is 13.0. The van der Waals surface area contributed by atoms with Crippen molar-refractivity contribution in [2.45, 2.75) is 12.5 Å². The normalized spacial score (nSPS) is 19.5. The van der Waals surface area contributed by atoms with E-state index in [1.54, 1.807) is 42.5 Å². The van der Waals surface area contributed by atoms with Crippen LogP contribution in [-0.4, -0.2) is 60.6 Å². The molecule has 31 heavy (non-hydrogen) atoms. The Balaban J connectivity index is 1.78. The third kappa shape index (κ3) is 4.11.